The molecule has 1 aliphatic rings. The largest absolute Gasteiger partial charge is 0.485 e. The highest BCUT2D eigenvalue weighted by molar-refractivity contribution is 6.31. The molecular formula is C28H25ClFN3O5. The lowest BCUT2D eigenvalue weighted by atomic mass is 10.1. The van der Waals surface area contributed by atoms with Gasteiger partial charge in [-0.15, -0.1) is 0 Å². The minimum absolute atomic E-state index is 0.121. The van der Waals surface area contributed by atoms with Gasteiger partial charge in [-0.05, 0) is 72.6 Å². The Labute approximate surface area is 222 Å². The Morgan fingerprint density at radius 3 is 2.63 bits per heavy atom. The Kier molecular flexibility index (Phi) is 7.05. The number of amides is 1. The predicted molar refractivity (Wildman–Crippen MR) is 141 cm³/mol. The molecule has 38 heavy (non-hydrogen) atoms. The maximum Gasteiger partial charge on any atom is 0.320 e. The number of likely N-dealkylation sites (tertiary alicyclic amines) is 1. The number of Topliss-reactive ketones (excluding diaryl/α,β-unsaturated/α-hetero) is 1. The van der Waals surface area contributed by atoms with Gasteiger partial charge in [0.25, 0.3) is 5.91 Å². The van der Waals surface area contributed by atoms with Crippen molar-refractivity contribution in [3.63, 3.8) is 0 Å². The first-order valence-corrected chi connectivity index (χ1v) is 12.5. The summed E-state index contributed by atoms with van der Waals surface area (Å²) in [4.78, 5) is 38.7. The molecule has 0 aliphatic carbocycles. The molecule has 0 bridgehead atoms. The second-order valence-electron chi connectivity index (χ2n) is 9.35. The lowest BCUT2D eigenvalue weighted by Gasteiger charge is -2.21. The number of rotatable bonds is 9. The van der Waals surface area contributed by atoms with Crippen molar-refractivity contribution in [2.24, 2.45) is 5.73 Å². The van der Waals surface area contributed by atoms with Gasteiger partial charge in [-0.1, -0.05) is 17.7 Å². The standard InChI is InChI=1S/C28H25ClFN3O5/c29-18-4-3-16-12-26(21(27(31)35)11-17(16)10-18)38-15-25(34)22-14-33(24-13-19(30)5-6-20(22)24)9-8-32-7-1-2-23(32)28(36)37/h3-6,10-14,23H,1-2,7-9,15H2,(H2,31,35)(H,36,37). The van der Waals surface area contributed by atoms with Gasteiger partial charge in [0.05, 0.1) is 11.1 Å². The highest BCUT2D eigenvalue weighted by atomic mass is 35.5. The number of carbonyl (C=O) groups excluding carboxylic acids is 2. The fraction of sp³-hybridized carbons (Fsp3) is 0.250. The van der Waals surface area contributed by atoms with Gasteiger partial charge in [0.2, 0.25) is 5.78 Å². The Hall–Kier alpha value is -3.95. The number of halogens is 2. The van der Waals surface area contributed by atoms with Crippen LogP contribution in [0.15, 0.2) is 54.7 Å². The van der Waals surface area contributed by atoms with Crippen LogP contribution in [0.2, 0.25) is 5.02 Å². The number of primary amides is 1. The van der Waals surface area contributed by atoms with Crippen molar-refractivity contribution in [1.82, 2.24) is 9.47 Å². The molecule has 4 aromatic rings. The zero-order chi connectivity index (χ0) is 27.0. The number of benzene rings is 3. The van der Waals surface area contributed by atoms with Crippen LogP contribution >= 0.6 is 11.6 Å². The summed E-state index contributed by atoms with van der Waals surface area (Å²) in [5.41, 5.74) is 6.54. The van der Waals surface area contributed by atoms with Crippen LogP contribution in [0, 0.1) is 5.82 Å². The molecule has 1 aliphatic heterocycles. The van der Waals surface area contributed by atoms with Gasteiger partial charge in [-0.3, -0.25) is 19.3 Å². The summed E-state index contributed by atoms with van der Waals surface area (Å²) in [7, 11) is 0. The summed E-state index contributed by atoms with van der Waals surface area (Å²) in [6.45, 7) is 1.13. The number of ketones is 1. The third-order valence-corrected chi connectivity index (χ3v) is 7.18. The summed E-state index contributed by atoms with van der Waals surface area (Å²) in [5, 5.41) is 12.0. The van der Waals surface area contributed by atoms with E-state index < -0.39 is 23.7 Å². The molecule has 2 heterocycles. The van der Waals surface area contributed by atoms with Crippen molar-refractivity contribution >= 4 is 50.9 Å². The average molecular weight is 538 g/mol. The molecule has 8 nitrogen and oxygen atoms in total. The summed E-state index contributed by atoms with van der Waals surface area (Å²) >= 11 is 6.05. The number of nitrogens with two attached hydrogens (primary N) is 1. The monoisotopic (exact) mass is 537 g/mol. The number of nitrogens with zero attached hydrogens (tertiary/aromatic N) is 2. The van der Waals surface area contributed by atoms with E-state index in [2.05, 4.69) is 0 Å². The second kappa shape index (κ2) is 10.4. The van der Waals surface area contributed by atoms with Crippen LogP contribution in [0.1, 0.15) is 33.6 Å². The minimum Gasteiger partial charge on any atom is -0.485 e. The number of fused-ring (bicyclic) bond motifs is 2. The van der Waals surface area contributed by atoms with E-state index >= 15 is 0 Å². The van der Waals surface area contributed by atoms with Gasteiger partial charge in [0, 0.05) is 35.3 Å². The molecular weight excluding hydrogens is 513 g/mol. The normalized spacial score (nSPS) is 15.8. The van der Waals surface area contributed by atoms with Gasteiger partial charge < -0.3 is 20.1 Å². The number of carboxylic acid groups (broad SMARTS) is 1. The molecule has 1 unspecified atom stereocenters. The van der Waals surface area contributed by atoms with E-state index in [0.29, 0.717) is 52.9 Å². The zero-order valence-corrected chi connectivity index (χ0v) is 21.1. The van der Waals surface area contributed by atoms with Crippen molar-refractivity contribution in [3.8, 4) is 5.75 Å². The van der Waals surface area contributed by atoms with Crippen LogP contribution in [-0.2, 0) is 11.3 Å². The molecule has 3 N–H and O–H groups in total. The lowest BCUT2D eigenvalue weighted by molar-refractivity contribution is -0.142. The van der Waals surface area contributed by atoms with Gasteiger partial charge in [-0.2, -0.15) is 0 Å². The molecule has 10 heteroatoms. The molecule has 0 saturated carbocycles. The van der Waals surface area contributed by atoms with Crippen molar-refractivity contribution in [2.45, 2.75) is 25.4 Å². The Morgan fingerprint density at radius 2 is 1.87 bits per heavy atom. The predicted octanol–water partition coefficient (Wildman–Crippen LogP) is 4.50. The minimum atomic E-state index is -0.856. The van der Waals surface area contributed by atoms with Gasteiger partial charge in [0.1, 0.15) is 17.6 Å². The van der Waals surface area contributed by atoms with Crippen LogP contribution in [-0.4, -0.2) is 58.0 Å². The maximum absolute atomic E-state index is 14.1. The van der Waals surface area contributed by atoms with Crippen molar-refractivity contribution in [2.75, 3.05) is 19.7 Å². The first-order valence-electron chi connectivity index (χ1n) is 12.2. The molecule has 1 saturated heterocycles. The summed E-state index contributed by atoms with van der Waals surface area (Å²) in [5.74, 6) is -2.20. The van der Waals surface area contributed by atoms with Crippen LogP contribution in [0.25, 0.3) is 21.7 Å². The summed E-state index contributed by atoms with van der Waals surface area (Å²) in [6, 6.07) is 12.0. The highest BCUT2D eigenvalue weighted by Crippen LogP contribution is 2.29. The molecule has 5 rings (SSSR count). The first kappa shape index (κ1) is 25.7. The topological polar surface area (TPSA) is 115 Å². The lowest BCUT2D eigenvalue weighted by Crippen LogP contribution is -2.37. The zero-order valence-electron chi connectivity index (χ0n) is 20.3. The van der Waals surface area contributed by atoms with Gasteiger partial charge in [0.15, 0.2) is 6.61 Å². The molecule has 196 valence electrons. The molecule has 1 atom stereocenters. The van der Waals surface area contributed by atoms with Crippen LogP contribution in [0.3, 0.4) is 0 Å². The SMILES string of the molecule is NC(=O)c1cc2cc(Cl)ccc2cc1OCC(=O)c1cn(CCN2CCCC2C(=O)O)c2cc(F)ccc12. The highest BCUT2D eigenvalue weighted by Gasteiger charge is 2.30. The van der Waals surface area contributed by atoms with Crippen LogP contribution in [0.4, 0.5) is 4.39 Å². The molecule has 1 amide bonds. The van der Waals surface area contributed by atoms with E-state index in [1.807, 2.05) is 4.90 Å². The van der Waals surface area contributed by atoms with Crippen molar-refractivity contribution < 1.29 is 28.6 Å². The van der Waals surface area contributed by atoms with Crippen molar-refractivity contribution in [1.29, 1.82) is 0 Å². The van der Waals surface area contributed by atoms with E-state index in [1.165, 1.54) is 12.1 Å². The van der Waals surface area contributed by atoms with Crippen molar-refractivity contribution in [3.05, 3.63) is 76.7 Å². The van der Waals surface area contributed by atoms with E-state index in [9.17, 15) is 23.9 Å². The molecule has 0 radical (unpaired) electrons. The number of hydrogen-bond acceptors (Lipinski definition) is 5. The molecule has 0 spiro atoms. The second-order valence-corrected chi connectivity index (χ2v) is 9.78. The maximum atomic E-state index is 14.1. The Bertz CT molecular complexity index is 1580. The number of carbonyl (C=O) groups is 3. The quantitative estimate of drug-likeness (QED) is 0.304. The molecule has 1 fully saturated rings. The van der Waals surface area contributed by atoms with Gasteiger partial charge in [-0.25, -0.2) is 4.39 Å². The molecule has 3 aromatic carbocycles. The number of aromatic nitrogens is 1. The first-order chi connectivity index (χ1) is 18.2. The number of ether oxygens (including phenoxy) is 1. The van der Waals surface area contributed by atoms with E-state index in [-0.39, 0.29) is 23.7 Å². The molecule has 1 aromatic heterocycles. The smallest absolute Gasteiger partial charge is 0.320 e. The van der Waals surface area contributed by atoms with Crippen LogP contribution in [0.5, 0.6) is 5.75 Å². The summed E-state index contributed by atoms with van der Waals surface area (Å²) < 4.78 is 21.7. The number of aliphatic carboxylic acids is 1. The third-order valence-electron chi connectivity index (χ3n) is 6.95. The third kappa shape index (κ3) is 5.07. The summed E-state index contributed by atoms with van der Waals surface area (Å²) in [6.07, 6.45) is 3.03. The van der Waals surface area contributed by atoms with E-state index in [4.69, 9.17) is 22.1 Å². The van der Waals surface area contributed by atoms with Crippen LogP contribution < -0.4 is 10.5 Å². The van der Waals surface area contributed by atoms with E-state index in [0.717, 1.165) is 11.8 Å². The fourth-order valence-corrected chi connectivity index (χ4v) is 5.24. The van der Waals surface area contributed by atoms with Gasteiger partial charge >= 0.3 is 5.97 Å². The van der Waals surface area contributed by atoms with E-state index in [1.54, 1.807) is 47.2 Å². The Morgan fingerprint density at radius 1 is 1.05 bits per heavy atom. The number of hydrogen-bond donors (Lipinski definition) is 2. The average Bonchev–Trinajstić information content (AvgIpc) is 3.50. The number of carboxylic acids is 1. The fourth-order valence-electron chi connectivity index (χ4n) is 5.06. The Balaban J connectivity index is 1.39.